The molecule has 0 radical (unpaired) electrons. The SMILES string of the molecule is CC(C)(C)OC(=O)Oc1cc(-c2cncc(F)c2F)cccc1=O. The van der Waals surface area contributed by atoms with Gasteiger partial charge in [-0.25, -0.2) is 13.6 Å². The van der Waals surface area contributed by atoms with Crippen LogP contribution in [-0.4, -0.2) is 16.7 Å². The largest absolute Gasteiger partial charge is 0.514 e. The van der Waals surface area contributed by atoms with Crippen molar-refractivity contribution in [3.8, 4) is 16.9 Å². The molecule has 0 saturated carbocycles. The summed E-state index contributed by atoms with van der Waals surface area (Å²) in [5, 5.41) is 0. The van der Waals surface area contributed by atoms with Crippen LogP contribution in [0.3, 0.4) is 0 Å². The third-order valence-electron chi connectivity index (χ3n) is 2.78. The van der Waals surface area contributed by atoms with Crippen LogP contribution in [0.4, 0.5) is 13.6 Å². The van der Waals surface area contributed by atoms with Gasteiger partial charge in [0.15, 0.2) is 17.4 Å². The van der Waals surface area contributed by atoms with Crippen LogP contribution < -0.4 is 10.2 Å². The number of hydrogen-bond donors (Lipinski definition) is 0. The first-order valence-corrected chi connectivity index (χ1v) is 7.02. The van der Waals surface area contributed by atoms with Crippen molar-refractivity contribution < 1.29 is 23.0 Å². The number of nitrogens with zero attached hydrogens (tertiary/aromatic N) is 1. The quantitative estimate of drug-likeness (QED) is 0.783. The standard InChI is InChI=1S/C17H15F2NO4/c1-17(2,3)24-16(22)23-14-7-10(5-4-6-13(14)21)11-8-20-9-12(18)15(11)19/h4-9H,1-3H3. The van der Waals surface area contributed by atoms with Crippen molar-refractivity contribution in [2.75, 3.05) is 0 Å². The van der Waals surface area contributed by atoms with E-state index in [-0.39, 0.29) is 16.9 Å². The first-order valence-electron chi connectivity index (χ1n) is 7.02. The zero-order valence-corrected chi connectivity index (χ0v) is 13.3. The molecule has 0 atom stereocenters. The molecule has 2 rings (SSSR count). The van der Waals surface area contributed by atoms with E-state index in [4.69, 9.17) is 9.47 Å². The molecule has 24 heavy (non-hydrogen) atoms. The van der Waals surface area contributed by atoms with Crippen molar-refractivity contribution in [3.63, 3.8) is 0 Å². The maximum Gasteiger partial charge on any atom is 0.514 e. The molecule has 0 unspecified atom stereocenters. The summed E-state index contributed by atoms with van der Waals surface area (Å²) >= 11 is 0. The van der Waals surface area contributed by atoms with E-state index in [0.717, 1.165) is 24.5 Å². The van der Waals surface area contributed by atoms with Gasteiger partial charge in [-0.3, -0.25) is 9.78 Å². The van der Waals surface area contributed by atoms with Gasteiger partial charge in [0.25, 0.3) is 0 Å². The fraction of sp³-hybridized carbons (Fsp3) is 0.235. The maximum atomic E-state index is 13.9. The molecular weight excluding hydrogens is 320 g/mol. The second-order valence-corrected chi connectivity index (χ2v) is 5.90. The van der Waals surface area contributed by atoms with E-state index in [1.54, 1.807) is 20.8 Å². The molecule has 0 amide bonds. The molecular formula is C17H15F2NO4. The number of carbonyl (C=O) groups excluding carboxylic acids is 1. The molecule has 7 heteroatoms. The zero-order valence-electron chi connectivity index (χ0n) is 13.3. The monoisotopic (exact) mass is 335 g/mol. The molecule has 0 aliphatic heterocycles. The van der Waals surface area contributed by atoms with Crippen molar-refractivity contribution in [3.05, 3.63) is 58.5 Å². The fourth-order valence-electron chi connectivity index (χ4n) is 1.81. The summed E-state index contributed by atoms with van der Waals surface area (Å²) in [4.78, 5) is 27.2. The van der Waals surface area contributed by atoms with Gasteiger partial charge in [0.1, 0.15) is 5.60 Å². The Morgan fingerprint density at radius 1 is 1.17 bits per heavy atom. The highest BCUT2D eigenvalue weighted by atomic mass is 19.2. The minimum Gasteiger partial charge on any atom is -0.428 e. The van der Waals surface area contributed by atoms with Crippen molar-refractivity contribution in [2.24, 2.45) is 0 Å². The second-order valence-electron chi connectivity index (χ2n) is 5.90. The normalized spacial score (nSPS) is 11.0. The second kappa shape index (κ2) is 6.74. The van der Waals surface area contributed by atoms with Crippen LogP contribution in [0, 0.1) is 11.6 Å². The molecule has 1 aromatic carbocycles. The lowest BCUT2D eigenvalue weighted by Crippen LogP contribution is -2.26. The molecule has 1 aromatic heterocycles. The molecule has 0 aliphatic carbocycles. The Morgan fingerprint density at radius 3 is 2.54 bits per heavy atom. The van der Waals surface area contributed by atoms with Crippen LogP contribution in [0.15, 0.2) is 41.5 Å². The molecule has 0 saturated heterocycles. The van der Waals surface area contributed by atoms with Gasteiger partial charge in [-0.15, -0.1) is 0 Å². The number of rotatable bonds is 2. The summed E-state index contributed by atoms with van der Waals surface area (Å²) in [6, 6.07) is 4.98. The van der Waals surface area contributed by atoms with E-state index >= 15 is 0 Å². The predicted octanol–water partition coefficient (Wildman–Crippen LogP) is 3.70. The molecule has 0 N–H and O–H groups in total. The van der Waals surface area contributed by atoms with Crippen LogP contribution in [0.5, 0.6) is 5.75 Å². The highest BCUT2D eigenvalue weighted by molar-refractivity contribution is 5.68. The van der Waals surface area contributed by atoms with Gasteiger partial charge < -0.3 is 9.47 Å². The van der Waals surface area contributed by atoms with E-state index in [1.165, 1.54) is 12.1 Å². The van der Waals surface area contributed by atoms with E-state index in [0.29, 0.717) is 0 Å². The predicted molar refractivity (Wildman–Crippen MR) is 82.7 cm³/mol. The minimum absolute atomic E-state index is 0.125. The van der Waals surface area contributed by atoms with Gasteiger partial charge in [0.05, 0.1) is 6.20 Å². The van der Waals surface area contributed by atoms with Gasteiger partial charge in [0.2, 0.25) is 5.43 Å². The number of halogens is 2. The Labute approximate surface area is 136 Å². The Kier molecular flexibility index (Phi) is 4.92. The Hall–Kier alpha value is -2.83. The lowest BCUT2D eigenvalue weighted by atomic mass is 10.1. The zero-order chi connectivity index (χ0) is 17.9. The molecule has 0 bridgehead atoms. The summed E-state index contributed by atoms with van der Waals surface area (Å²) in [5.41, 5.74) is -1.46. The third-order valence-corrected chi connectivity index (χ3v) is 2.78. The van der Waals surface area contributed by atoms with Gasteiger partial charge in [-0.2, -0.15) is 0 Å². The Balaban J connectivity index is 2.44. The number of carbonyl (C=O) groups is 1. The summed E-state index contributed by atoms with van der Waals surface area (Å²) < 4.78 is 37.1. The molecule has 2 aromatic rings. The van der Waals surface area contributed by atoms with Crippen LogP contribution in [0.2, 0.25) is 0 Å². The highest BCUT2D eigenvalue weighted by Gasteiger charge is 2.19. The maximum absolute atomic E-state index is 13.9. The first kappa shape index (κ1) is 17.5. The van der Waals surface area contributed by atoms with Gasteiger partial charge in [-0.05, 0) is 38.5 Å². The number of ether oxygens (including phenoxy) is 2. The Morgan fingerprint density at radius 2 is 1.88 bits per heavy atom. The molecule has 0 aliphatic rings. The van der Waals surface area contributed by atoms with E-state index < -0.39 is 28.8 Å². The van der Waals surface area contributed by atoms with Crippen LogP contribution in [-0.2, 0) is 4.74 Å². The fourth-order valence-corrected chi connectivity index (χ4v) is 1.81. The molecule has 1 heterocycles. The molecule has 0 fully saturated rings. The molecule has 5 nitrogen and oxygen atoms in total. The van der Waals surface area contributed by atoms with Gasteiger partial charge >= 0.3 is 6.16 Å². The van der Waals surface area contributed by atoms with E-state index in [9.17, 15) is 18.4 Å². The summed E-state index contributed by atoms with van der Waals surface area (Å²) in [6.45, 7) is 4.91. The van der Waals surface area contributed by atoms with Crippen LogP contribution in [0.1, 0.15) is 20.8 Å². The summed E-state index contributed by atoms with van der Waals surface area (Å²) in [5.74, 6) is -2.62. The van der Waals surface area contributed by atoms with Crippen molar-refractivity contribution in [2.45, 2.75) is 26.4 Å². The Bertz CT molecular complexity index is 831. The number of pyridine rings is 1. The average Bonchev–Trinajstić information content (AvgIpc) is 2.62. The average molecular weight is 335 g/mol. The summed E-state index contributed by atoms with van der Waals surface area (Å²) in [7, 11) is 0. The lowest BCUT2D eigenvalue weighted by Gasteiger charge is -2.18. The van der Waals surface area contributed by atoms with Crippen LogP contribution in [0.25, 0.3) is 11.1 Å². The van der Waals surface area contributed by atoms with Crippen LogP contribution >= 0.6 is 0 Å². The minimum atomic E-state index is -1.13. The van der Waals surface area contributed by atoms with Crippen molar-refractivity contribution in [1.29, 1.82) is 0 Å². The van der Waals surface area contributed by atoms with Crippen molar-refractivity contribution >= 4 is 6.16 Å². The third kappa shape index (κ3) is 4.34. The number of hydrogen-bond acceptors (Lipinski definition) is 5. The van der Waals surface area contributed by atoms with Gasteiger partial charge in [0, 0.05) is 11.8 Å². The topological polar surface area (TPSA) is 65.5 Å². The molecule has 126 valence electrons. The van der Waals surface area contributed by atoms with Crippen molar-refractivity contribution in [1.82, 2.24) is 4.98 Å². The summed E-state index contributed by atoms with van der Waals surface area (Å²) in [6.07, 6.45) is 0.767. The van der Waals surface area contributed by atoms with E-state index in [2.05, 4.69) is 4.98 Å². The lowest BCUT2D eigenvalue weighted by molar-refractivity contribution is 0.0204. The highest BCUT2D eigenvalue weighted by Crippen LogP contribution is 2.24. The van der Waals surface area contributed by atoms with E-state index in [1.807, 2.05) is 0 Å². The smallest absolute Gasteiger partial charge is 0.428 e. The van der Waals surface area contributed by atoms with Gasteiger partial charge in [-0.1, -0.05) is 12.1 Å². The number of aromatic nitrogens is 1. The first-order chi connectivity index (χ1) is 11.2. The molecule has 0 spiro atoms.